The topological polar surface area (TPSA) is 47.9 Å². The maximum Gasteiger partial charge on any atom is 0.160 e. The lowest BCUT2D eigenvalue weighted by Crippen LogP contribution is -2.17. The molecule has 2 aromatic rings. The van der Waals surface area contributed by atoms with Crippen LogP contribution in [-0.2, 0) is 6.42 Å². The first-order valence-corrected chi connectivity index (χ1v) is 7.83. The standard InChI is InChI=1S/C21H28O4/c1-16-7-6-10-19(13-16)25-15-18(22)9-5-4-8-17-11-12-20(23-2)21(14-17)24-3/h6-7,10-14,18,22H,4-5,8-9,15H2,1-3H3/i4D2,9D2,15D2,18D. The van der Waals surface area contributed by atoms with E-state index in [-0.39, 0.29) is 12.2 Å². The van der Waals surface area contributed by atoms with Gasteiger partial charge in [0, 0.05) is 5.48 Å². The van der Waals surface area contributed by atoms with Gasteiger partial charge < -0.3 is 19.3 Å². The molecule has 136 valence electrons. The number of aryl methyl sites for hydroxylation is 2. The minimum atomic E-state index is -3.41. The molecule has 0 aromatic heterocycles. The van der Waals surface area contributed by atoms with E-state index in [1.165, 1.54) is 26.4 Å². The normalized spacial score (nSPS) is 19.0. The molecule has 0 radical (unpaired) electrons. The van der Waals surface area contributed by atoms with Crippen LogP contribution in [0.5, 0.6) is 17.2 Å². The SMILES string of the molecule is [2H]C([2H])(Cc1ccc(OC)c(OC)c1)CC([2H])([2H])C([2H])(O)C([2H])([2H])Oc1cccc(C)c1. The Balaban J connectivity index is 2.22. The Morgan fingerprint density at radius 1 is 1.12 bits per heavy atom. The minimum absolute atomic E-state index is 0.0183. The lowest BCUT2D eigenvalue weighted by Gasteiger charge is -2.13. The van der Waals surface area contributed by atoms with Crippen LogP contribution in [0.3, 0.4) is 0 Å². The second-order valence-corrected chi connectivity index (χ2v) is 5.34. The highest BCUT2D eigenvalue weighted by Crippen LogP contribution is 2.28. The van der Waals surface area contributed by atoms with Crippen LogP contribution in [0, 0.1) is 6.92 Å². The minimum Gasteiger partial charge on any atom is -0.493 e. The molecular formula is C21H28O4. The molecule has 0 aliphatic carbocycles. The predicted molar refractivity (Wildman–Crippen MR) is 99.8 cm³/mol. The molecule has 0 aliphatic rings. The first-order valence-electron chi connectivity index (χ1n) is 11.3. The highest BCUT2D eigenvalue weighted by molar-refractivity contribution is 5.42. The maximum atomic E-state index is 10.6. The van der Waals surface area contributed by atoms with Crippen LogP contribution >= 0.6 is 0 Å². The van der Waals surface area contributed by atoms with E-state index in [9.17, 15) is 5.11 Å². The lowest BCUT2D eigenvalue weighted by molar-refractivity contribution is 0.0976. The van der Waals surface area contributed by atoms with Crippen LogP contribution in [0.4, 0.5) is 0 Å². The molecule has 2 aromatic carbocycles. The summed E-state index contributed by atoms with van der Waals surface area (Å²) in [6.45, 7) is -1.42. The Bertz CT molecular complexity index is 932. The van der Waals surface area contributed by atoms with Crippen LogP contribution in [0.2, 0.25) is 0 Å². The van der Waals surface area contributed by atoms with Gasteiger partial charge in [-0.05, 0) is 61.5 Å². The molecule has 1 unspecified atom stereocenters. The molecule has 0 heterocycles. The highest BCUT2D eigenvalue weighted by Gasteiger charge is 2.07. The van der Waals surface area contributed by atoms with Crippen molar-refractivity contribution < 1.29 is 28.9 Å². The second kappa shape index (κ2) is 9.94. The first kappa shape index (κ1) is 11.4. The van der Waals surface area contributed by atoms with Gasteiger partial charge in [0.05, 0.1) is 24.4 Å². The van der Waals surface area contributed by atoms with Gasteiger partial charge in [-0.25, -0.2) is 0 Å². The van der Waals surface area contributed by atoms with Crippen molar-refractivity contribution in [1.29, 1.82) is 0 Å². The zero-order chi connectivity index (χ0) is 24.4. The van der Waals surface area contributed by atoms with Crippen LogP contribution in [0.25, 0.3) is 0 Å². The number of benzene rings is 2. The summed E-state index contributed by atoms with van der Waals surface area (Å²) in [6.07, 6.45) is -9.84. The predicted octanol–water partition coefficient (Wildman–Crippen LogP) is 4.16. The van der Waals surface area contributed by atoms with Crippen molar-refractivity contribution in [1.82, 2.24) is 0 Å². The maximum absolute atomic E-state index is 10.6. The average molecular weight is 351 g/mol. The molecule has 0 saturated carbocycles. The molecule has 0 aliphatic heterocycles. The van der Waals surface area contributed by atoms with Crippen molar-refractivity contribution in [3.8, 4) is 17.2 Å². The lowest BCUT2D eigenvalue weighted by atomic mass is 10.0. The number of hydrogen-bond acceptors (Lipinski definition) is 4. The molecule has 0 spiro atoms. The summed E-state index contributed by atoms with van der Waals surface area (Å²) in [5.74, 6) is 0.850. The van der Waals surface area contributed by atoms with E-state index in [2.05, 4.69) is 0 Å². The van der Waals surface area contributed by atoms with Gasteiger partial charge >= 0.3 is 0 Å². The zero-order valence-electron chi connectivity index (χ0n) is 21.6. The van der Waals surface area contributed by atoms with Crippen molar-refractivity contribution in [3.05, 3.63) is 53.6 Å². The van der Waals surface area contributed by atoms with Gasteiger partial charge in [0.2, 0.25) is 0 Å². The third-order valence-electron chi connectivity index (χ3n) is 3.41. The summed E-state index contributed by atoms with van der Waals surface area (Å²) >= 11 is 0. The van der Waals surface area contributed by atoms with Gasteiger partial charge in [-0.3, -0.25) is 0 Å². The Kier molecular flexibility index (Phi) is 4.54. The van der Waals surface area contributed by atoms with E-state index < -0.39 is 31.8 Å². The van der Waals surface area contributed by atoms with Crippen LogP contribution < -0.4 is 14.2 Å². The third kappa shape index (κ3) is 6.31. The number of ether oxygens (including phenoxy) is 3. The zero-order valence-corrected chi connectivity index (χ0v) is 14.6. The molecule has 0 saturated heterocycles. The van der Waals surface area contributed by atoms with Gasteiger partial charge in [0.15, 0.2) is 11.5 Å². The molecule has 4 heteroatoms. The van der Waals surface area contributed by atoms with Gasteiger partial charge in [0.1, 0.15) is 12.3 Å². The summed E-state index contributed by atoms with van der Waals surface area (Å²) < 4.78 is 72.5. The van der Waals surface area contributed by atoms with Gasteiger partial charge in [-0.2, -0.15) is 0 Å². The van der Waals surface area contributed by atoms with Crippen LogP contribution in [-0.4, -0.2) is 32.0 Å². The Morgan fingerprint density at radius 2 is 1.92 bits per heavy atom. The van der Waals surface area contributed by atoms with E-state index in [0.717, 1.165) is 5.56 Å². The molecule has 0 amide bonds. The third-order valence-corrected chi connectivity index (χ3v) is 3.41. The van der Waals surface area contributed by atoms with E-state index in [0.29, 0.717) is 17.1 Å². The quantitative estimate of drug-likeness (QED) is 0.698. The van der Waals surface area contributed by atoms with Crippen molar-refractivity contribution in [3.63, 3.8) is 0 Å². The molecule has 4 nitrogen and oxygen atoms in total. The van der Waals surface area contributed by atoms with E-state index in [1.807, 2.05) is 0 Å². The Morgan fingerprint density at radius 3 is 2.64 bits per heavy atom. The Hall–Kier alpha value is -2.20. The molecular weight excluding hydrogens is 316 g/mol. The fraction of sp³-hybridized carbons (Fsp3) is 0.429. The van der Waals surface area contributed by atoms with E-state index in [1.54, 1.807) is 37.3 Å². The van der Waals surface area contributed by atoms with Crippen LogP contribution in [0.1, 0.15) is 39.9 Å². The molecule has 25 heavy (non-hydrogen) atoms. The van der Waals surface area contributed by atoms with Crippen molar-refractivity contribution in [2.75, 3.05) is 20.8 Å². The Labute approximate surface area is 160 Å². The van der Waals surface area contributed by atoms with E-state index in [4.69, 9.17) is 23.8 Å². The summed E-state index contributed by atoms with van der Waals surface area (Å²) in [5, 5.41) is 10.6. The first-order chi connectivity index (χ1) is 14.6. The summed E-state index contributed by atoms with van der Waals surface area (Å²) in [7, 11) is 2.90. The van der Waals surface area contributed by atoms with Crippen molar-refractivity contribution >= 4 is 0 Å². The fourth-order valence-corrected chi connectivity index (χ4v) is 2.17. The highest BCUT2D eigenvalue weighted by atomic mass is 16.5. The molecule has 1 atom stereocenters. The summed E-state index contributed by atoms with van der Waals surface area (Å²) in [6, 6.07) is 11.0. The van der Waals surface area contributed by atoms with Gasteiger partial charge in [0.25, 0.3) is 0 Å². The number of aliphatic hydroxyl groups is 1. The number of methoxy groups -OCH3 is 2. The van der Waals surface area contributed by atoms with Gasteiger partial charge in [-0.15, -0.1) is 0 Å². The fourth-order valence-electron chi connectivity index (χ4n) is 2.17. The molecule has 0 bridgehead atoms. The van der Waals surface area contributed by atoms with Crippen LogP contribution in [0.15, 0.2) is 42.5 Å². The van der Waals surface area contributed by atoms with Gasteiger partial charge in [-0.1, -0.05) is 24.6 Å². The largest absolute Gasteiger partial charge is 0.493 e. The summed E-state index contributed by atoms with van der Waals surface area (Å²) in [4.78, 5) is 0. The molecule has 0 fully saturated rings. The average Bonchev–Trinajstić information content (AvgIpc) is 2.66. The van der Waals surface area contributed by atoms with Crippen molar-refractivity contribution in [2.24, 2.45) is 0 Å². The monoisotopic (exact) mass is 351 g/mol. The smallest absolute Gasteiger partial charge is 0.160 e. The number of rotatable bonds is 10. The molecule has 1 N–H and O–H groups in total. The van der Waals surface area contributed by atoms with E-state index >= 15 is 0 Å². The second-order valence-electron chi connectivity index (χ2n) is 5.34. The van der Waals surface area contributed by atoms with Crippen molar-refractivity contribution in [2.45, 2.75) is 38.6 Å². The number of hydrogen-bond donors (Lipinski definition) is 1. The summed E-state index contributed by atoms with van der Waals surface area (Å²) in [5.41, 5.74) is 1.23. The molecule has 2 rings (SSSR count).